The molecule has 0 aliphatic carbocycles. The molecule has 0 aliphatic rings. The van der Waals surface area contributed by atoms with Crippen LogP contribution in [0.1, 0.15) is 0 Å². The van der Waals surface area contributed by atoms with Crippen LogP contribution in [0.2, 0.25) is 0 Å². The quantitative estimate of drug-likeness (QED) is 0.264. The summed E-state index contributed by atoms with van der Waals surface area (Å²) < 4.78 is 0. The van der Waals surface area contributed by atoms with Crippen molar-refractivity contribution in [2.75, 3.05) is 0 Å². The minimum atomic E-state index is 0. The van der Waals surface area contributed by atoms with E-state index in [1.165, 1.54) is 0 Å². The van der Waals surface area contributed by atoms with Gasteiger partial charge in [0.25, 0.3) is 0 Å². The van der Waals surface area contributed by atoms with Crippen molar-refractivity contribution in [2.45, 2.75) is 0 Å². The van der Waals surface area contributed by atoms with Crippen molar-refractivity contribution in [3.8, 4) is 0 Å². The monoisotopic (exact) mass is 648 g/mol. The zero-order valence-electron chi connectivity index (χ0n) is 2.37. The predicted octanol–water partition coefficient (Wildman–Crippen LogP) is -2.11. The van der Waals surface area contributed by atoms with Crippen LogP contribution in [0.25, 0.3) is 0 Å². The molecule has 0 bridgehead atoms. The van der Waals surface area contributed by atoms with Crippen LogP contribution in [0.3, 0.4) is 0 Å². The first kappa shape index (κ1) is 38.4. The molecule has 0 rings (SSSR count). The van der Waals surface area contributed by atoms with Crippen LogP contribution in [0.5, 0.6) is 0 Å². The molecule has 0 aliphatic heterocycles. The molecule has 0 spiro atoms. The van der Waals surface area contributed by atoms with E-state index in [9.17, 15) is 0 Å². The molecule has 0 saturated heterocycles. The Bertz CT molecular complexity index is 11.6. The van der Waals surface area contributed by atoms with Crippen LogP contribution in [-0.2, 0) is 56.5 Å². The third-order valence-electron chi connectivity index (χ3n) is 0. The molecule has 0 nitrogen and oxygen atoms in total. The normalized spacial score (nSPS) is 0. The maximum atomic E-state index is 0. The molecule has 0 amide bonds. The van der Waals surface area contributed by atoms with E-state index in [4.69, 9.17) is 0 Å². The van der Waals surface area contributed by atoms with E-state index in [1.54, 1.807) is 0 Å². The minimum absolute atomic E-state index is 0. The van der Waals surface area contributed by atoms with Crippen molar-refractivity contribution in [2.24, 2.45) is 0 Å². The first-order chi connectivity index (χ1) is 0. The van der Waals surface area contributed by atoms with Crippen molar-refractivity contribution in [3.63, 3.8) is 0 Å². The first-order valence-electron chi connectivity index (χ1n) is 0. The van der Waals surface area contributed by atoms with Gasteiger partial charge < -0.3 is 0 Å². The van der Waals surface area contributed by atoms with Crippen LogP contribution in [0.4, 0.5) is 0 Å². The van der Waals surface area contributed by atoms with Gasteiger partial charge in [0.2, 0.25) is 0 Å². The molecule has 0 aromatic heterocycles. The summed E-state index contributed by atoms with van der Waals surface area (Å²) in [5.41, 5.74) is 0. The van der Waals surface area contributed by atoms with Crippen LogP contribution in [0.15, 0.2) is 0 Å². The van der Waals surface area contributed by atoms with Gasteiger partial charge in [-0.05, 0) is 0 Å². The van der Waals surface area contributed by atoms with E-state index in [-0.39, 0.29) is 110 Å². The van der Waals surface area contributed by atoms with Gasteiger partial charge >= 0.3 is 53.5 Å². The number of hydrogen-bond acceptors (Lipinski definition) is 0. The van der Waals surface area contributed by atoms with Gasteiger partial charge in [0.05, 0.1) is 0 Å². The fourth-order valence-electron chi connectivity index (χ4n) is 0. The molecule has 0 saturated carbocycles. The molecule has 5 heteroatoms. The molecule has 0 fully saturated rings. The predicted molar refractivity (Wildman–Crippen MR) is 18.5 cm³/mol. The average Bonchev–Trinajstić information content (AvgIpc) is 0. The summed E-state index contributed by atoms with van der Waals surface area (Å²) in [7, 11) is 0. The van der Waals surface area contributed by atoms with Crippen molar-refractivity contribution in [3.05, 3.63) is 0 Å². The van der Waals surface area contributed by atoms with E-state index in [2.05, 4.69) is 0 Å². The topological polar surface area (TPSA) is 0 Å². The molecule has 44 valence electrons. The Morgan fingerprint density at radius 2 is 1.00 bits per heavy atom. The molecule has 5 heavy (non-hydrogen) atoms. The summed E-state index contributed by atoms with van der Waals surface area (Å²) in [6, 6.07) is 0. The molecule has 0 N–H and O–H groups in total. The Kier molecular flexibility index (Phi) is 197. The zero-order valence-corrected chi connectivity index (χ0v) is 16.9. The zero-order chi connectivity index (χ0) is 0. The van der Waals surface area contributed by atoms with E-state index < -0.39 is 0 Å². The summed E-state index contributed by atoms with van der Waals surface area (Å²) in [5.74, 6) is 0. The molecule has 0 unspecified atom stereocenters. The van der Waals surface area contributed by atoms with E-state index in [1.807, 2.05) is 0 Å². The maximum absolute atomic E-state index is 0. The molecule has 0 aromatic carbocycles. The molecule has 0 aromatic rings. The Morgan fingerprint density at radius 3 is 1.00 bits per heavy atom. The van der Waals surface area contributed by atoms with Gasteiger partial charge in [0, 0.05) is 56.5 Å². The molecular weight excluding hydrogens is 643 g/mol. The van der Waals surface area contributed by atoms with Gasteiger partial charge in [0.1, 0.15) is 0 Å². The standard InChI is InChI=1S/Ag.Bi.Cu.Fe.Pb.5H. The van der Waals surface area contributed by atoms with Crippen molar-refractivity contribution in [1.29, 1.82) is 0 Å². The van der Waals surface area contributed by atoms with Gasteiger partial charge in [-0.2, -0.15) is 0 Å². The second kappa shape index (κ2) is 25.6. The van der Waals surface area contributed by atoms with Crippen LogP contribution in [-0.4, -0.2) is 53.5 Å². The Hall–Kier alpha value is 3.58. The van der Waals surface area contributed by atoms with E-state index >= 15 is 0 Å². The van der Waals surface area contributed by atoms with Gasteiger partial charge in [-0.1, -0.05) is 0 Å². The molecule has 0 atom stereocenters. The Balaban J connectivity index is 0. The summed E-state index contributed by atoms with van der Waals surface area (Å²) in [4.78, 5) is 0. The second-order valence-electron chi connectivity index (χ2n) is 0. The first-order valence-corrected chi connectivity index (χ1v) is 0. The summed E-state index contributed by atoms with van der Waals surface area (Å²) in [5, 5.41) is 0. The van der Waals surface area contributed by atoms with Crippen molar-refractivity contribution >= 4 is 53.5 Å². The third-order valence-corrected chi connectivity index (χ3v) is 0. The van der Waals surface area contributed by atoms with Crippen LogP contribution in [0, 0.1) is 0 Å². The van der Waals surface area contributed by atoms with Gasteiger partial charge in [-0.3, -0.25) is 0 Å². The fourth-order valence-corrected chi connectivity index (χ4v) is 0. The van der Waals surface area contributed by atoms with Gasteiger partial charge in [-0.15, -0.1) is 0 Å². The molecular formula is H5AgBiCuFePb. The summed E-state index contributed by atoms with van der Waals surface area (Å²) in [6.07, 6.45) is 0. The number of hydrogen-bond donors (Lipinski definition) is 0. The van der Waals surface area contributed by atoms with Gasteiger partial charge in [-0.25, -0.2) is 0 Å². The van der Waals surface area contributed by atoms with Crippen LogP contribution < -0.4 is 0 Å². The van der Waals surface area contributed by atoms with E-state index in [0.717, 1.165) is 0 Å². The molecule has 4 radical (unpaired) electrons. The summed E-state index contributed by atoms with van der Waals surface area (Å²) >= 11 is 0. The van der Waals surface area contributed by atoms with Crippen LogP contribution >= 0.6 is 0 Å². The van der Waals surface area contributed by atoms with Gasteiger partial charge in [0.15, 0.2) is 0 Å². The fraction of sp³-hybridized carbons (Fsp3) is 0. The Labute approximate surface area is 108 Å². The Morgan fingerprint density at radius 1 is 1.00 bits per heavy atom. The average molecular weight is 648 g/mol. The van der Waals surface area contributed by atoms with Crippen molar-refractivity contribution in [1.82, 2.24) is 0 Å². The van der Waals surface area contributed by atoms with Crippen molar-refractivity contribution < 1.29 is 56.5 Å². The SMILES string of the molecule is [Ag].[BiH3].[Cu].[Fe].[PbH2]. The second-order valence-corrected chi connectivity index (χ2v) is 0. The van der Waals surface area contributed by atoms with E-state index in [0.29, 0.717) is 0 Å². The number of rotatable bonds is 0. The third kappa shape index (κ3) is 18.4. The summed E-state index contributed by atoms with van der Waals surface area (Å²) in [6.45, 7) is 0. The molecule has 0 heterocycles.